The van der Waals surface area contributed by atoms with E-state index < -0.39 is 46.7 Å². The van der Waals surface area contributed by atoms with Crippen LogP contribution in [0.5, 0.6) is 0 Å². The van der Waals surface area contributed by atoms with Crippen molar-refractivity contribution in [3.63, 3.8) is 0 Å². The zero-order chi connectivity index (χ0) is 18.2. The number of carbonyl (C=O) groups is 1. The Morgan fingerprint density at radius 1 is 1.12 bits per heavy atom. The summed E-state index contributed by atoms with van der Waals surface area (Å²) in [7, 11) is 0. The molecular formula is C13H7F7N2O2. The van der Waals surface area contributed by atoms with Crippen molar-refractivity contribution in [2.45, 2.75) is 13.1 Å². The van der Waals surface area contributed by atoms with Crippen LogP contribution >= 0.6 is 0 Å². The average molecular weight is 356 g/mol. The summed E-state index contributed by atoms with van der Waals surface area (Å²) in [6, 6.07) is 0. The maximum absolute atomic E-state index is 13.8. The highest BCUT2D eigenvalue weighted by Gasteiger charge is 2.42. The summed E-state index contributed by atoms with van der Waals surface area (Å²) in [5.74, 6) is -10.8. The van der Waals surface area contributed by atoms with E-state index in [9.17, 15) is 35.5 Å². The van der Waals surface area contributed by atoms with Gasteiger partial charge in [-0.2, -0.15) is 18.3 Å². The number of rotatable bonds is 3. The van der Waals surface area contributed by atoms with Gasteiger partial charge in [-0.05, 0) is 6.92 Å². The Hall–Kier alpha value is -2.59. The van der Waals surface area contributed by atoms with Crippen molar-refractivity contribution in [1.29, 1.82) is 0 Å². The van der Waals surface area contributed by atoms with E-state index >= 15 is 0 Å². The number of alkyl halides is 3. The summed E-state index contributed by atoms with van der Waals surface area (Å²) in [6.07, 6.45) is -4.22. The monoisotopic (exact) mass is 356 g/mol. The van der Waals surface area contributed by atoms with Gasteiger partial charge in [0.2, 0.25) is 0 Å². The van der Waals surface area contributed by atoms with Gasteiger partial charge in [-0.3, -0.25) is 0 Å². The van der Waals surface area contributed by atoms with Crippen molar-refractivity contribution in [3.05, 3.63) is 46.8 Å². The summed E-state index contributed by atoms with van der Waals surface area (Å²) in [5, 5.41) is 3.31. The number of hydrogen-bond donors (Lipinski definition) is 0. The van der Waals surface area contributed by atoms with Crippen LogP contribution in [0.15, 0.2) is 12.4 Å². The third kappa shape index (κ3) is 2.93. The van der Waals surface area contributed by atoms with Gasteiger partial charge in [0.1, 0.15) is 11.3 Å². The quantitative estimate of drug-likeness (QED) is 0.479. The molecule has 1 aromatic heterocycles. The molecule has 0 radical (unpaired) electrons. The molecule has 2 aromatic rings. The molecular weight excluding hydrogens is 349 g/mol. The maximum atomic E-state index is 13.8. The second kappa shape index (κ2) is 6.13. The molecule has 0 amide bonds. The molecule has 0 saturated carbocycles. The van der Waals surface area contributed by atoms with E-state index in [1.54, 1.807) is 0 Å². The van der Waals surface area contributed by atoms with E-state index in [2.05, 4.69) is 9.84 Å². The first kappa shape index (κ1) is 17.8. The second-order valence-electron chi connectivity index (χ2n) is 4.37. The number of nitrogens with zero attached hydrogens (tertiary/aromatic N) is 2. The van der Waals surface area contributed by atoms with Crippen molar-refractivity contribution in [2.75, 3.05) is 6.61 Å². The normalized spacial score (nSPS) is 11.7. The molecule has 11 heteroatoms. The van der Waals surface area contributed by atoms with Crippen LogP contribution < -0.4 is 0 Å². The summed E-state index contributed by atoms with van der Waals surface area (Å²) in [5.41, 5.74) is -4.55. The molecule has 1 aromatic carbocycles. The minimum atomic E-state index is -5.64. The first-order valence-electron chi connectivity index (χ1n) is 6.24. The van der Waals surface area contributed by atoms with Crippen molar-refractivity contribution in [1.82, 2.24) is 9.78 Å². The smallest absolute Gasteiger partial charge is 0.422 e. The first-order valence-corrected chi connectivity index (χ1v) is 6.24. The van der Waals surface area contributed by atoms with Gasteiger partial charge in [0.25, 0.3) is 0 Å². The predicted molar refractivity (Wildman–Crippen MR) is 64.4 cm³/mol. The fraction of sp³-hybridized carbons (Fsp3) is 0.231. The van der Waals surface area contributed by atoms with Crippen molar-refractivity contribution in [3.8, 4) is 5.69 Å². The van der Waals surface area contributed by atoms with E-state index in [0.29, 0.717) is 6.20 Å². The van der Waals surface area contributed by atoms with Gasteiger partial charge in [-0.15, -0.1) is 0 Å². The summed E-state index contributed by atoms with van der Waals surface area (Å²) in [6.45, 7) is 1.44. The topological polar surface area (TPSA) is 44.1 Å². The molecule has 0 N–H and O–H groups in total. The summed E-state index contributed by atoms with van der Waals surface area (Å²) < 4.78 is 97.0. The fourth-order valence-corrected chi connectivity index (χ4v) is 1.84. The minimum absolute atomic E-state index is 0.0315. The van der Waals surface area contributed by atoms with Crippen LogP contribution in [0.1, 0.15) is 22.8 Å². The molecule has 130 valence electrons. The molecule has 0 fully saturated rings. The summed E-state index contributed by atoms with van der Waals surface area (Å²) in [4.78, 5) is 11.4. The molecule has 0 unspecified atom stereocenters. The lowest BCUT2D eigenvalue weighted by Gasteiger charge is -2.13. The maximum Gasteiger partial charge on any atom is 0.422 e. The van der Waals surface area contributed by atoms with Gasteiger partial charge in [0.15, 0.2) is 23.3 Å². The average Bonchev–Trinajstić information content (AvgIpc) is 2.94. The Morgan fingerprint density at radius 3 is 2.12 bits per heavy atom. The Morgan fingerprint density at radius 2 is 1.67 bits per heavy atom. The van der Waals surface area contributed by atoms with Crippen LogP contribution in [-0.4, -0.2) is 22.4 Å². The van der Waals surface area contributed by atoms with E-state index in [0.717, 1.165) is 6.20 Å². The molecule has 0 aliphatic heterocycles. The van der Waals surface area contributed by atoms with Gasteiger partial charge < -0.3 is 4.74 Å². The van der Waals surface area contributed by atoms with Crippen LogP contribution in [0.3, 0.4) is 0 Å². The van der Waals surface area contributed by atoms with E-state index in [-0.39, 0.29) is 16.9 Å². The molecule has 0 bridgehead atoms. The molecule has 0 atom stereocenters. The van der Waals surface area contributed by atoms with Crippen LogP contribution in [-0.2, 0) is 10.9 Å². The number of esters is 1. The van der Waals surface area contributed by atoms with Gasteiger partial charge in [0.05, 0.1) is 18.4 Å². The SMILES string of the molecule is CCOC(=O)c1cnn(-c2c(F)c(F)c(C(F)(F)F)c(F)c2F)c1. The number of benzene rings is 1. The number of halogens is 7. The Bertz CT molecular complexity index is 769. The number of aromatic nitrogens is 2. The zero-order valence-electron chi connectivity index (χ0n) is 11.7. The molecule has 0 aliphatic rings. The Kier molecular flexibility index (Phi) is 4.54. The molecule has 4 nitrogen and oxygen atoms in total. The van der Waals surface area contributed by atoms with Crippen LogP contribution in [0.4, 0.5) is 30.7 Å². The number of ether oxygens (including phenoxy) is 1. The van der Waals surface area contributed by atoms with Gasteiger partial charge in [0, 0.05) is 6.20 Å². The van der Waals surface area contributed by atoms with E-state index in [4.69, 9.17) is 0 Å². The lowest BCUT2D eigenvalue weighted by molar-refractivity contribution is -0.143. The highest BCUT2D eigenvalue weighted by atomic mass is 19.4. The van der Waals surface area contributed by atoms with Crippen LogP contribution in [0, 0.1) is 23.3 Å². The number of carbonyl (C=O) groups excluding carboxylic acids is 1. The lowest BCUT2D eigenvalue weighted by Crippen LogP contribution is -2.18. The fourth-order valence-electron chi connectivity index (χ4n) is 1.84. The van der Waals surface area contributed by atoms with Gasteiger partial charge in [-0.1, -0.05) is 0 Å². The molecule has 2 rings (SSSR count). The summed E-state index contributed by atoms with van der Waals surface area (Å²) >= 11 is 0. The van der Waals surface area contributed by atoms with Crippen molar-refractivity contribution >= 4 is 5.97 Å². The van der Waals surface area contributed by atoms with E-state index in [1.165, 1.54) is 6.92 Å². The highest BCUT2D eigenvalue weighted by Crippen LogP contribution is 2.37. The predicted octanol–water partition coefficient (Wildman–Crippen LogP) is 3.62. The Labute approximate surface area is 129 Å². The first-order chi connectivity index (χ1) is 11.1. The molecule has 0 spiro atoms. The van der Waals surface area contributed by atoms with Gasteiger partial charge in [-0.25, -0.2) is 27.0 Å². The molecule has 0 saturated heterocycles. The molecule has 24 heavy (non-hydrogen) atoms. The molecule has 0 aliphatic carbocycles. The highest BCUT2D eigenvalue weighted by molar-refractivity contribution is 5.88. The standard InChI is InChI=1S/C13H7F7N2O2/c1-2-24-12(23)5-3-21-22(4-5)11-9(16)7(14)6(13(18,19)20)8(15)10(11)17/h3-4H,2H2,1H3. The largest absolute Gasteiger partial charge is 0.462 e. The Balaban J connectivity index is 2.63. The van der Waals surface area contributed by atoms with Gasteiger partial charge >= 0.3 is 12.1 Å². The third-order valence-corrected chi connectivity index (χ3v) is 2.85. The van der Waals surface area contributed by atoms with Crippen LogP contribution in [0.2, 0.25) is 0 Å². The molecule has 1 heterocycles. The zero-order valence-corrected chi connectivity index (χ0v) is 11.7. The lowest BCUT2D eigenvalue weighted by atomic mass is 10.1. The minimum Gasteiger partial charge on any atom is -0.462 e. The second-order valence-corrected chi connectivity index (χ2v) is 4.37. The number of hydrogen-bond acceptors (Lipinski definition) is 3. The van der Waals surface area contributed by atoms with Crippen LogP contribution in [0.25, 0.3) is 5.69 Å². The van der Waals surface area contributed by atoms with Crippen molar-refractivity contribution < 1.29 is 40.3 Å². The van der Waals surface area contributed by atoms with Crippen molar-refractivity contribution in [2.24, 2.45) is 0 Å². The van der Waals surface area contributed by atoms with E-state index in [1.807, 2.05) is 0 Å². The third-order valence-electron chi connectivity index (χ3n) is 2.85.